The molecular weight excluding hydrogens is 400 g/mol. The second-order valence-electron chi connectivity index (χ2n) is 8.23. The molecule has 6 heteroatoms. The fourth-order valence-electron chi connectivity index (χ4n) is 4.13. The number of carbonyl (C=O) groups excluding carboxylic acids is 2. The van der Waals surface area contributed by atoms with E-state index in [1.807, 2.05) is 60.5 Å². The van der Waals surface area contributed by atoms with Crippen LogP contribution in [0.25, 0.3) is 16.9 Å². The lowest BCUT2D eigenvalue weighted by Gasteiger charge is -2.33. The Hall–Kier alpha value is -3.41. The first-order valence-corrected chi connectivity index (χ1v) is 11.4. The van der Waals surface area contributed by atoms with Gasteiger partial charge in [0, 0.05) is 37.3 Å². The quantitative estimate of drug-likeness (QED) is 0.636. The molecule has 1 unspecified atom stereocenters. The zero-order valence-corrected chi connectivity index (χ0v) is 18.8. The number of carbonyl (C=O) groups is 2. The van der Waals surface area contributed by atoms with E-state index >= 15 is 0 Å². The van der Waals surface area contributed by atoms with Crippen LogP contribution in [0, 0.1) is 0 Å². The van der Waals surface area contributed by atoms with Crippen LogP contribution in [0.1, 0.15) is 49.0 Å². The molecule has 3 aromatic rings. The van der Waals surface area contributed by atoms with Gasteiger partial charge in [-0.15, -0.1) is 0 Å². The highest BCUT2D eigenvalue weighted by Crippen LogP contribution is 2.26. The fraction of sp³-hybridized carbons (Fsp3) is 0.346. The molecule has 1 N–H and O–H groups in total. The van der Waals surface area contributed by atoms with Crippen molar-refractivity contribution in [2.24, 2.45) is 0 Å². The standard InChI is InChI=1S/C26H30N4O2/c1-3-19-12-14-20(15-13-19)25-23(18-30(28-25)22-10-6-5-7-11-22)26(32)29-16-8-9-21(17-29)27-24(31)4-2/h5-7,10-15,18,21H,3-4,8-9,16-17H2,1-2H3,(H,27,31). The van der Waals surface area contributed by atoms with Gasteiger partial charge >= 0.3 is 0 Å². The maximum atomic E-state index is 13.6. The van der Waals surface area contributed by atoms with Gasteiger partial charge in [0.25, 0.3) is 5.91 Å². The van der Waals surface area contributed by atoms with Gasteiger partial charge in [-0.2, -0.15) is 5.10 Å². The molecule has 32 heavy (non-hydrogen) atoms. The smallest absolute Gasteiger partial charge is 0.257 e. The fourth-order valence-corrected chi connectivity index (χ4v) is 4.13. The lowest BCUT2D eigenvalue weighted by molar-refractivity contribution is -0.121. The minimum Gasteiger partial charge on any atom is -0.352 e. The van der Waals surface area contributed by atoms with Gasteiger partial charge in [0.1, 0.15) is 5.69 Å². The van der Waals surface area contributed by atoms with E-state index < -0.39 is 0 Å². The average molecular weight is 431 g/mol. The Morgan fingerprint density at radius 3 is 2.50 bits per heavy atom. The number of rotatable bonds is 6. The second-order valence-corrected chi connectivity index (χ2v) is 8.23. The third-order valence-corrected chi connectivity index (χ3v) is 6.00. The van der Waals surface area contributed by atoms with Crippen molar-refractivity contribution in [3.63, 3.8) is 0 Å². The van der Waals surface area contributed by atoms with Gasteiger partial charge in [0.2, 0.25) is 5.91 Å². The third kappa shape index (κ3) is 4.74. The number of piperidine rings is 1. The molecule has 1 aromatic heterocycles. The number of likely N-dealkylation sites (tertiary alicyclic amines) is 1. The van der Waals surface area contributed by atoms with Crippen LogP contribution in [0.4, 0.5) is 0 Å². The summed E-state index contributed by atoms with van der Waals surface area (Å²) in [4.78, 5) is 27.3. The molecule has 0 bridgehead atoms. The van der Waals surface area contributed by atoms with Crippen molar-refractivity contribution < 1.29 is 9.59 Å². The first kappa shape index (κ1) is 21.8. The highest BCUT2D eigenvalue weighted by Gasteiger charge is 2.28. The van der Waals surface area contributed by atoms with Gasteiger partial charge in [-0.1, -0.05) is 56.3 Å². The normalized spacial score (nSPS) is 16.1. The van der Waals surface area contributed by atoms with Crippen LogP contribution in [0.5, 0.6) is 0 Å². The average Bonchev–Trinajstić information content (AvgIpc) is 3.30. The van der Waals surface area contributed by atoms with Crippen molar-refractivity contribution in [3.05, 3.63) is 71.9 Å². The predicted molar refractivity (Wildman–Crippen MR) is 126 cm³/mol. The summed E-state index contributed by atoms with van der Waals surface area (Å²) in [7, 11) is 0. The number of amides is 2. The minimum absolute atomic E-state index is 0.00314. The number of hydrogen-bond donors (Lipinski definition) is 1. The molecule has 166 valence electrons. The number of aromatic nitrogens is 2. The first-order chi connectivity index (χ1) is 15.6. The Kier molecular flexibility index (Phi) is 6.69. The molecule has 2 amide bonds. The Balaban J connectivity index is 1.67. The number of aryl methyl sites for hydroxylation is 1. The monoisotopic (exact) mass is 430 g/mol. The van der Waals surface area contributed by atoms with Crippen molar-refractivity contribution in [1.29, 1.82) is 0 Å². The van der Waals surface area contributed by atoms with Crippen LogP contribution in [0.15, 0.2) is 60.8 Å². The van der Waals surface area contributed by atoms with Crippen LogP contribution in [0.3, 0.4) is 0 Å². The molecule has 0 radical (unpaired) electrons. The topological polar surface area (TPSA) is 67.2 Å². The molecule has 1 atom stereocenters. The summed E-state index contributed by atoms with van der Waals surface area (Å²) in [5.74, 6) is -0.0184. The third-order valence-electron chi connectivity index (χ3n) is 6.00. The Morgan fingerprint density at radius 1 is 1.06 bits per heavy atom. The molecule has 1 saturated heterocycles. The van der Waals surface area contributed by atoms with Crippen molar-refractivity contribution in [3.8, 4) is 16.9 Å². The van der Waals surface area contributed by atoms with E-state index in [2.05, 4.69) is 24.4 Å². The number of para-hydroxylation sites is 1. The Bertz CT molecular complexity index is 1070. The van der Waals surface area contributed by atoms with Crippen LogP contribution in [-0.4, -0.2) is 45.6 Å². The van der Waals surface area contributed by atoms with Crippen molar-refractivity contribution in [2.45, 2.75) is 45.6 Å². The molecule has 1 fully saturated rings. The predicted octanol–water partition coefficient (Wildman–Crippen LogP) is 4.23. The molecule has 2 aromatic carbocycles. The lowest BCUT2D eigenvalue weighted by Crippen LogP contribution is -2.49. The summed E-state index contributed by atoms with van der Waals surface area (Å²) in [6, 6.07) is 18.1. The summed E-state index contributed by atoms with van der Waals surface area (Å²) in [5, 5.41) is 7.84. The molecule has 6 nitrogen and oxygen atoms in total. The van der Waals surface area contributed by atoms with Gasteiger partial charge in [-0.25, -0.2) is 4.68 Å². The van der Waals surface area contributed by atoms with E-state index in [1.165, 1.54) is 5.56 Å². The van der Waals surface area contributed by atoms with E-state index in [-0.39, 0.29) is 17.9 Å². The maximum absolute atomic E-state index is 13.6. The van der Waals surface area contributed by atoms with E-state index in [9.17, 15) is 9.59 Å². The molecule has 0 saturated carbocycles. The van der Waals surface area contributed by atoms with Crippen molar-refractivity contribution in [2.75, 3.05) is 13.1 Å². The largest absolute Gasteiger partial charge is 0.352 e. The van der Waals surface area contributed by atoms with Crippen LogP contribution >= 0.6 is 0 Å². The van der Waals surface area contributed by atoms with Gasteiger partial charge in [0.15, 0.2) is 0 Å². The van der Waals surface area contributed by atoms with Gasteiger partial charge in [0.05, 0.1) is 11.3 Å². The van der Waals surface area contributed by atoms with E-state index in [0.717, 1.165) is 30.5 Å². The van der Waals surface area contributed by atoms with E-state index in [1.54, 1.807) is 4.68 Å². The zero-order chi connectivity index (χ0) is 22.5. The van der Waals surface area contributed by atoms with Crippen LogP contribution in [0.2, 0.25) is 0 Å². The molecule has 2 heterocycles. The molecular formula is C26H30N4O2. The molecule has 0 aliphatic carbocycles. The van der Waals surface area contributed by atoms with Crippen molar-refractivity contribution >= 4 is 11.8 Å². The zero-order valence-electron chi connectivity index (χ0n) is 18.8. The number of nitrogens with one attached hydrogen (secondary N) is 1. The summed E-state index contributed by atoms with van der Waals surface area (Å²) in [5.41, 5.74) is 4.34. The highest BCUT2D eigenvalue weighted by molar-refractivity contribution is 6.00. The summed E-state index contributed by atoms with van der Waals surface area (Å²) in [6.07, 6.45) is 5.00. The number of nitrogens with zero attached hydrogens (tertiary/aromatic N) is 3. The van der Waals surface area contributed by atoms with Gasteiger partial charge in [-0.3, -0.25) is 9.59 Å². The maximum Gasteiger partial charge on any atom is 0.257 e. The first-order valence-electron chi connectivity index (χ1n) is 11.4. The van der Waals surface area contributed by atoms with Crippen LogP contribution < -0.4 is 5.32 Å². The number of benzene rings is 2. The Morgan fingerprint density at radius 2 is 1.81 bits per heavy atom. The SMILES string of the molecule is CCC(=O)NC1CCCN(C(=O)c2cn(-c3ccccc3)nc2-c2ccc(CC)cc2)C1. The van der Waals surface area contributed by atoms with E-state index in [4.69, 9.17) is 5.10 Å². The second kappa shape index (κ2) is 9.81. The highest BCUT2D eigenvalue weighted by atomic mass is 16.2. The summed E-state index contributed by atoms with van der Waals surface area (Å²) >= 11 is 0. The van der Waals surface area contributed by atoms with Gasteiger partial charge < -0.3 is 10.2 Å². The summed E-state index contributed by atoms with van der Waals surface area (Å²) < 4.78 is 1.77. The van der Waals surface area contributed by atoms with E-state index in [0.29, 0.717) is 30.8 Å². The molecule has 0 spiro atoms. The van der Waals surface area contributed by atoms with Crippen molar-refractivity contribution in [1.82, 2.24) is 20.0 Å². The van der Waals surface area contributed by atoms with Gasteiger partial charge in [-0.05, 0) is 37.0 Å². The molecule has 4 rings (SSSR count). The minimum atomic E-state index is -0.0443. The number of hydrogen-bond acceptors (Lipinski definition) is 3. The summed E-state index contributed by atoms with van der Waals surface area (Å²) in [6.45, 7) is 5.17. The molecule has 1 aliphatic rings. The van der Waals surface area contributed by atoms with Crippen LogP contribution in [-0.2, 0) is 11.2 Å². The Labute approximate surface area is 189 Å². The molecule has 1 aliphatic heterocycles. The lowest BCUT2D eigenvalue weighted by atomic mass is 10.0.